The van der Waals surface area contributed by atoms with Gasteiger partial charge in [0.2, 0.25) is 10.0 Å². The first-order valence-electron chi connectivity index (χ1n) is 9.58. The van der Waals surface area contributed by atoms with Crippen LogP contribution >= 0.6 is 11.6 Å². The number of aliphatic hydroxyl groups excluding tert-OH is 2. The largest absolute Gasteiger partial charge is 0.463 e. The molecule has 0 saturated carbocycles. The van der Waals surface area contributed by atoms with E-state index in [4.69, 9.17) is 25.8 Å². The highest BCUT2D eigenvalue weighted by Crippen LogP contribution is 2.41. The summed E-state index contributed by atoms with van der Waals surface area (Å²) in [6.07, 6.45) is -0.507. The van der Waals surface area contributed by atoms with E-state index < -0.39 is 58.3 Å². The first-order valence-corrected chi connectivity index (χ1v) is 11.5. The molecular formula is C19H23ClFNO8S. The fraction of sp³-hybridized carbons (Fsp3) is 0.526. The Hall–Kier alpha value is -1.76. The lowest BCUT2D eigenvalue weighted by Gasteiger charge is -2.33. The highest BCUT2D eigenvalue weighted by molar-refractivity contribution is 7.93. The summed E-state index contributed by atoms with van der Waals surface area (Å²) in [6.45, 7) is 0.723. The van der Waals surface area contributed by atoms with Crippen LogP contribution in [0.15, 0.2) is 29.8 Å². The summed E-state index contributed by atoms with van der Waals surface area (Å²) in [4.78, 5) is 12.6. The molecule has 0 aromatic heterocycles. The zero-order chi connectivity index (χ0) is 22.8. The minimum Gasteiger partial charge on any atom is -0.463 e. The summed E-state index contributed by atoms with van der Waals surface area (Å²) in [5.74, 6) is -2.99. The van der Waals surface area contributed by atoms with E-state index >= 15 is 0 Å². The van der Waals surface area contributed by atoms with E-state index in [1.807, 2.05) is 0 Å². The van der Waals surface area contributed by atoms with Crippen LogP contribution in [0.1, 0.15) is 19.8 Å². The molecule has 2 aliphatic rings. The van der Waals surface area contributed by atoms with E-state index in [-0.39, 0.29) is 35.7 Å². The third-order valence-electron chi connectivity index (χ3n) is 5.02. The van der Waals surface area contributed by atoms with Gasteiger partial charge in [0.05, 0.1) is 36.1 Å². The number of rotatable bonds is 7. The van der Waals surface area contributed by atoms with Crippen molar-refractivity contribution in [1.29, 1.82) is 0 Å². The van der Waals surface area contributed by atoms with E-state index in [1.165, 1.54) is 12.1 Å². The van der Waals surface area contributed by atoms with E-state index in [9.17, 15) is 27.8 Å². The van der Waals surface area contributed by atoms with Gasteiger partial charge >= 0.3 is 5.97 Å². The lowest BCUT2D eigenvalue weighted by molar-refractivity contribution is -0.154. The van der Waals surface area contributed by atoms with Crippen LogP contribution in [0, 0.1) is 5.82 Å². The van der Waals surface area contributed by atoms with Crippen molar-refractivity contribution in [2.75, 3.05) is 24.5 Å². The van der Waals surface area contributed by atoms with Crippen molar-refractivity contribution < 1.29 is 42.0 Å². The van der Waals surface area contributed by atoms with Crippen LogP contribution in [0.2, 0.25) is 5.02 Å². The van der Waals surface area contributed by atoms with Crippen molar-refractivity contribution in [2.45, 2.75) is 43.0 Å². The molecular weight excluding hydrogens is 457 g/mol. The molecule has 3 rings (SSSR count). The Labute approximate surface area is 183 Å². The Morgan fingerprint density at radius 3 is 2.52 bits per heavy atom. The highest BCUT2D eigenvalue weighted by atomic mass is 35.5. The minimum atomic E-state index is -4.20. The second-order valence-electron chi connectivity index (χ2n) is 7.11. The van der Waals surface area contributed by atoms with Gasteiger partial charge in [0.25, 0.3) is 0 Å². The van der Waals surface area contributed by atoms with E-state index in [1.54, 1.807) is 6.92 Å². The minimum absolute atomic E-state index is 0.00735. The SMILES string of the molecule is CCOC(=O)C1=CC2(CCC1S(=O)(=O)Nc1ccc(F)cc1Cl)O[C@@H](CO)[C@H](CO)O2. The summed E-state index contributed by atoms with van der Waals surface area (Å²) < 4.78 is 58.2. The summed E-state index contributed by atoms with van der Waals surface area (Å²) in [5, 5.41) is 17.4. The first kappa shape index (κ1) is 23.9. The molecule has 1 saturated heterocycles. The maximum atomic E-state index is 13.3. The molecule has 1 fully saturated rings. The topological polar surface area (TPSA) is 131 Å². The van der Waals surface area contributed by atoms with Crippen molar-refractivity contribution in [3.63, 3.8) is 0 Å². The predicted octanol–water partition coefficient (Wildman–Crippen LogP) is 1.34. The lowest BCUT2D eigenvalue weighted by Crippen LogP contribution is -2.42. The third-order valence-corrected chi connectivity index (χ3v) is 7.08. The van der Waals surface area contributed by atoms with Gasteiger partial charge < -0.3 is 24.4 Å². The molecule has 1 unspecified atom stereocenters. The summed E-state index contributed by atoms with van der Waals surface area (Å²) in [7, 11) is -4.20. The van der Waals surface area contributed by atoms with Crippen LogP contribution in [0.25, 0.3) is 0 Å². The van der Waals surface area contributed by atoms with Crippen LogP contribution in [-0.4, -0.2) is 67.7 Å². The van der Waals surface area contributed by atoms with Crippen LogP contribution in [-0.2, 0) is 29.0 Å². The maximum Gasteiger partial charge on any atom is 0.335 e. The Morgan fingerprint density at radius 2 is 1.97 bits per heavy atom. The fourth-order valence-electron chi connectivity index (χ4n) is 3.60. The number of anilines is 1. The molecule has 0 radical (unpaired) electrons. The molecule has 1 aromatic carbocycles. The second kappa shape index (κ2) is 9.39. The highest BCUT2D eigenvalue weighted by Gasteiger charge is 2.51. The molecule has 31 heavy (non-hydrogen) atoms. The van der Waals surface area contributed by atoms with Gasteiger partial charge in [-0.25, -0.2) is 17.6 Å². The molecule has 3 N–H and O–H groups in total. The van der Waals surface area contributed by atoms with Crippen LogP contribution in [0.5, 0.6) is 0 Å². The lowest BCUT2D eigenvalue weighted by atomic mass is 9.94. The Balaban J connectivity index is 1.95. The number of halogens is 2. The fourth-order valence-corrected chi connectivity index (χ4v) is 5.43. The summed E-state index contributed by atoms with van der Waals surface area (Å²) >= 11 is 5.93. The van der Waals surface area contributed by atoms with Crippen molar-refractivity contribution in [2.24, 2.45) is 0 Å². The predicted molar refractivity (Wildman–Crippen MR) is 108 cm³/mol. The maximum absolute atomic E-state index is 13.3. The standard InChI is InChI=1S/C19H23ClFNO8S/c1-2-28-18(25)12-8-19(29-15(9-23)16(10-24)30-19)6-5-17(12)31(26,27)22-14-4-3-11(21)7-13(14)20/h3-4,7-8,15-17,22-24H,2,5-6,9-10H2,1H3/t15-,16-,17?/m0/s1. The van der Waals surface area contributed by atoms with E-state index in [2.05, 4.69) is 4.72 Å². The van der Waals surface area contributed by atoms with Gasteiger partial charge in [-0.1, -0.05) is 11.6 Å². The second-order valence-corrected chi connectivity index (χ2v) is 9.38. The van der Waals surface area contributed by atoms with Gasteiger partial charge in [-0.2, -0.15) is 0 Å². The van der Waals surface area contributed by atoms with E-state index in [0.717, 1.165) is 12.1 Å². The quantitative estimate of drug-likeness (QED) is 0.499. The van der Waals surface area contributed by atoms with Gasteiger partial charge in [-0.3, -0.25) is 4.72 Å². The molecule has 0 amide bonds. The zero-order valence-electron chi connectivity index (χ0n) is 16.6. The van der Waals surface area contributed by atoms with Crippen LogP contribution in [0.4, 0.5) is 10.1 Å². The van der Waals surface area contributed by atoms with Crippen molar-refractivity contribution in [3.8, 4) is 0 Å². The van der Waals surface area contributed by atoms with Gasteiger partial charge in [-0.15, -0.1) is 0 Å². The number of hydrogen-bond donors (Lipinski definition) is 3. The Bertz CT molecular complexity index is 958. The van der Waals surface area contributed by atoms with Gasteiger partial charge in [0.15, 0.2) is 5.79 Å². The summed E-state index contributed by atoms with van der Waals surface area (Å²) in [5.41, 5.74) is -0.255. The number of benzene rings is 1. The average Bonchev–Trinajstić information content (AvgIpc) is 3.07. The molecule has 172 valence electrons. The van der Waals surface area contributed by atoms with E-state index in [0.29, 0.717) is 0 Å². The Kier molecular flexibility index (Phi) is 7.24. The summed E-state index contributed by atoms with van der Waals surface area (Å²) in [6, 6.07) is 3.18. The molecule has 1 aromatic rings. The molecule has 12 heteroatoms. The van der Waals surface area contributed by atoms with Crippen molar-refractivity contribution in [1.82, 2.24) is 0 Å². The van der Waals surface area contributed by atoms with Crippen molar-refractivity contribution in [3.05, 3.63) is 40.7 Å². The number of ether oxygens (including phenoxy) is 3. The first-order chi connectivity index (χ1) is 14.6. The molecule has 1 heterocycles. The number of carbonyl (C=O) groups is 1. The molecule has 0 bridgehead atoms. The van der Waals surface area contributed by atoms with Crippen LogP contribution < -0.4 is 4.72 Å². The number of carbonyl (C=O) groups excluding carboxylic acids is 1. The number of nitrogens with one attached hydrogen (secondary N) is 1. The Morgan fingerprint density at radius 1 is 1.32 bits per heavy atom. The smallest absolute Gasteiger partial charge is 0.335 e. The molecule has 1 spiro atoms. The molecule has 9 nitrogen and oxygen atoms in total. The zero-order valence-corrected chi connectivity index (χ0v) is 18.2. The number of sulfonamides is 1. The van der Waals surface area contributed by atoms with Gasteiger partial charge in [0.1, 0.15) is 23.3 Å². The average molecular weight is 480 g/mol. The molecule has 1 aliphatic carbocycles. The number of hydrogen-bond acceptors (Lipinski definition) is 8. The molecule has 1 aliphatic heterocycles. The number of aliphatic hydroxyl groups is 2. The third kappa shape index (κ3) is 5.02. The van der Waals surface area contributed by atoms with Gasteiger partial charge in [0, 0.05) is 6.42 Å². The van der Waals surface area contributed by atoms with Gasteiger partial charge in [-0.05, 0) is 37.6 Å². The normalized spacial score (nSPS) is 25.3. The monoisotopic (exact) mass is 479 g/mol. The van der Waals surface area contributed by atoms with Crippen molar-refractivity contribution >= 4 is 33.3 Å². The van der Waals surface area contributed by atoms with Crippen LogP contribution in [0.3, 0.4) is 0 Å². The number of esters is 1. The molecule has 3 atom stereocenters.